The number of methoxy groups -OCH3 is 1. The smallest absolute Gasteiger partial charge is 0.337 e. The topological polar surface area (TPSA) is 50.4 Å². The molecule has 0 saturated carbocycles. The summed E-state index contributed by atoms with van der Waals surface area (Å²) in [4.78, 5) is 11.7. The first-order valence-corrected chi connectivity index (χ1v) is 9.10. The average molecular weight is 371 g/mol. The van der Waals surface area contributed by atoms with E-state index in [0.29, 0.717) is 10.7 Å². The third-order valence-electron chi connectivity index (χ3n) is 4.42. The zero-order chi connectivity index (χ0) is 19.3. The van der Waals surface area contributed by atoms with Gasteiger partial charge in [-0.1, -0.05) is 36.8 Å². The van der Waals surface area contributed by atoms with Gasteiger partial charge in [-0.2, -0.15) is 0 Å². The van der Waals surface area contributed by atoms with Gasteiger partial charge in [-0.05, 0) is 68.2 Å². The largest absolute Gasteiger partial charge is 0.465 e. The molecule has 0 saturated heterocycles. The lowest BCUT2D eigenvalue weighted by Gasteiger charge is -2.22. The number of ether oxygens (including phenoxy) is 1. The maximum absolute atomic E-state index is 11.7. The van der Waals surface area contributed by atoms with Gasteiger partial charge in [0, 0.05) is 5.69 Å². The molecule has 0 spiro atoms. The molecule has 2 aromatic rings. The standard InChI is InChI=1S/C21H26N2O2S/c1-6-18(17-10-7-13(2)11-15(17)4)22-21(26)23-19-12-16(20(24)25-5)9-8-14(19)3/h7-12,18H,6H2,1-5H3,(H2,22,23,26). The van der Waals surface area contributed by atoms with Gasteiger partial charge in [0.1, 0.15) is 0 Å². The molecule has 0 aliphatic carbocycles. The minimum Gasteiger partial charge on any atom is -0.465 e. The van der Waals surface area contributed by atoms with Crippen molar-refractivity contribution < 1.29 is 9.53 Å². The van der Waals surface area contributed by atoms with E-state index in [1.165, 1.54) is 23.8 Å². The first-order chi connectivity index (χ1) is 12.3. The summed E-state index contributed by atoms with van der Waals surface area (Å²) in [5, 5.41) is 7.12. The Bertz CT molecular complexity index is 818. The van der Waals surface area contributed by atoms with Crippen LogP contribution < -0.4 is 10.6 Å². The van der Waals surface area contributed by atoms with Crippen LogP contribution in [0.3, 0.4) is 0 Å². The number of carbonyl (C=O) groups excluding carboxylic acids is 1. The predicted octanol–water partition coefficient (Wildman–Crippen LogP) is 4.84. The SMILES string of the molecule is CCC(NC(=S)Nc1cc(C(=O)OC)ccc1C)c1ccc(C)cc1C. The summed E-state index contributed by atoms with van der Waals surface area (Å²) in [7, 11) is 1.37. The molecule has 138 valence electrons. The van der Waals surface area contributed by atoms with Crippen molar-refractivity contribution in [3.05, 3.63) is 64.2 Å². The zero-order valence-electron chi connectivity index (χ0n) is 16.0. The number of nitrogens with one attached hydrogen (secondary N) is 2. The molecule has 5 heteroatoms. The minimum atomic E-state index is -0.367. The molecule has 0 bridgehead atoms. The number of esters is 1. The Morgan fingerprint density at radius 3 is 2.46 bits per heavy atom. The Labute approximate surface area is 161 Å². The molecular weight excluding hydrogens is 344 g/mol. The quantitative estimate of drug-likeness (QED) is 0.583. The zero-order valence-corrected chi connectivity index (χ0v) is 16.8. The van der Waals surface area contributed by atoms with Gasteiger partial charge in [0.2, 0.25) is 0 Å². The highest BCUT2D eigenvalue weighted by Crippen LogP contribution is 2.23. The Kier molecular flexibility index (Phi) is 6.75. The van der Waals surface area contributed by atoms with E-state index in [2.05, 4.69) is 49.6 Å². The van der Waals surface area contributed by atoms with Gasteiger partial charge in [-0.3, -0.25) is 0 Å². The van der Waals surface area contributed by atoms with E-state index < -0.39 is 0 Å². The maximum atomic E-state index is 11.7. The number of aryl methyl sites for hydroxylation is 3. The van der Waals surface area contributed by atoms with E-state index in [9.17, 15) is 4.79 Å². The molecule has 0 fully saturated rings. The highest BCUT2D eigenvalue weighted by atomic mass is 32.1. The van der Waals surface area contributed by atoms with E-state index in [4.69, 9.17) is 17.0 Å². The summed E-state index contributed by atoms with van der Waals surface area (Å²) in [5.74, 6) is -0.367. The summed E-state index contributed by atoms with van der Waals surface area (Å²) in [6.45, 7) is 8.30. The van der Waals surface area contributed by atoms with E-state index >= 15 is 0 Å². The summed E-state index contributed by atoms with van der Waals surface area (Å²) < 4.78 is 4.78. The molecule has 1 atom stereocenters. The first kappa shape index (κ1) is 19.9. The summed E-state index contributed by atoms with van der Waals surface area (Å²) in [6.07, 6.45) is 0.910. The molecule has 2 N–H and O–H groups in total. The molecule has 26 heavy (non-hydrogen) atoms. The van der Waals surface area contributed by atoms with Crippen molar-refractivity contribution in [1.29, 1.82) is 0 Å². The number of thiocarbonyl (C=S) groups is 1. The number of carbonyl (C=O) groups is 1. The molecule has 0 aliphatic rings. The van der Waals surface area contributed by atoms with Gasteiger partial charge in [-0.25, -0.2) is 4.79 Å². The van der Waals surface area contributed by atoms with Crippen LogP contribution in [0.25, 0.3) is 0 Å². The van der Waals surface area contributed by atoms with Crippen molar-refractivity contribution in [3.63, 3.8) is 0 Å². The normalized spacial score (nSPS) is 11.6. The molecule has 2 aromatic carbocycles. The van der Waals surface area contributed by atoms with E-state index in [-0.39, 0.29) is 12.0 Å². The molecule has 4 nitrogen and oxygen atoms in total. The van der Waals surface area contributed by atoms with Gasteiger partial charge in [0.05, 0.1) is 18.7 Å². The second-order valence-electron chi connectivity index (χ2n) is 6.44. The van der Waals surface area contributed by atoms with Crippen molar-refractivity contribution in [2.75, 3.05) is 12.4 Å². The minimum absolute atomic E-state index is 0.125. The lowest BCUT2D eigenvalue weighted by Crippen LogP contribution is -2.32. The fourth-order valence-electron chi connectivity index (χ4n) is 2.93. The second kappa shape index (κ2) is 8.81. The van der Waals surface area contributed by atoms with Crippen molar-refractivity contribution in [1.82, 2.24) is 5.32 Å². The number of hydrogen-bond donors (Lipinski definition) is 2. The van der Waals surface area contributed by atoms with Crippen molar-refractivity contribution in [3.8, 4) is 0 Å². The average Bonchev–Trinajstić information content (AvgIpc) is 2.61. The summed E-state index contributed by atoms with van der Waals surface area (Å²) in [5.41, 5.74) is 6.02. The molecule has 2 rings (SSSR count). The number of benzene rings is 2. The Balaban J connectivity index is 2.15. The number of hydrogen-bond acceptors (Lipinski definition) is 3. The predicted molar refractivity (Wildman–Crippen MR) is 111 cm³/mol. The van der Waals surface area contributed by atoms with Crippen molar-refractivity contribution in [2.24, 2.45) is 0 Å². The fourth-order valence-corrected chi connectivity index (χ4v) is 3.19. The highest BCUT2D eigenvalue weighted by Gasteiger charge is 2.14. The molecule has 0 aliphatic heterocycles. The fraction of sp³-hybridized carbons (Fsp3) is 0.333. The van der Waals surface area contributed by atoms with E-state index in [0.717, 1.165) is 17.7 Å². The third kappa shape index (κ3) is 4.82. The highest BCUT2D eigenvalue weighted by molar-refractivity contribution is 7.80. The molecular formula is C21H26N2O2S. The van der Waals surface area contributed by atoms with E-state index in [1.807, 2.05) is 13.0 Å². The van der Waals surface area contributed by atoms with Gasteiger partial charge in [-0.15, -0.1) is 0 Å². The van der Waals surface area contributed by atoms with Crippen LogP contribution in [0.1, 0.15) is 52.0 Å². The van der Waals surface area contributed by atoms with Crippen LogP contribution in [0.2, 0.25) is 0 Å². The van der Waals surface area contributed by atoms with Gasteiger partial charge < -0.3 is 15.4 Å². The monoisotopic (exact) mass is 370 g/mol. The van der Waals surface area contributed by atoms with Crippen molar-refractivity contribution >= 4 is 29.0 Å². The van der Waals surface area contributed by atoms with Crippen LogP contribution in [0.4, 0.5) is 5.69 Å². The van der Waals surface area contributed by atoms with Gasteiger partial charge >= 0.3 is 5.97 Å². The Morgan fingerprint density at radius 1 is 1.12 bits per heavy atom. The molecule has 1 unspecified atom stereocenters. The summed E-state index contributed by atoms with van der Waals surface area (Å²) in [6, 6.07) is 11.9. The van der Waals surface area contributed by atoms with Crippen LogP contribution in [0.5, 0.6) is 0 Å². The lowest BCUT2D eigenvalue weighted by atomic mass is 9.98. The van der Waals surface area contributed by atoms with Crippen LogP contribution in [0, 0.1) is 20.8 Å². The van der Waals surface area contributed by atoms with Crippen LogP contribution in [-0.2, 0) is 4.74 Å². The second-order valence-corrected chi connectivity index (χ2v) is 6.85. The van der Waals surface area contributed by atoms with Crippen molar-refractivity contribution in [2.45, 2.75) is 40.2 Å². The van der Waals surface area contributed by atoms with Crippen LogP contribution in [0.15, 0.2) is 36.4 Å². The molecule has 0 amide bonds. The third-order valence-corrected chi connectivity index (χ3v) is 4.64. The first-order valence-electron chi connectivity index (χ1n) is 8.69. The number of anilines is 1. The summed E-state index contributed by atoms with van der Waals surface area (Å²) >= 11 is 5.51. The van der Waals surface area contributed by atoms with Gasteiger partial charge in [0.25, 0.3) is 0 Å². The van der Waals surface area contributed by atoms with E-state index in [1.54, 1.807) is 12.1 Å². The maximum Gasteiger partial charge on any atom is 0.337 e. The molecule has 0 heterocycles. The Morgan fingerprint density at radius 2 is 1.85 bits per heavy atom. The van der Waals surface area contributed by atoms with Crippen LogP contribution >= 0.6 is 12.2 Å². The molecule has 0 radical (unpaired) electrons. The lowest BCUT2D eigenvalue weighted by molar-refractivity contribution is 0.0601. The molecule has 0 aromatic heterocycles. The Hall–Kier alpha value is -2.40. The van der Waals surface area contributed by atoms with Gasteiger partial charge in [0.15, 0.2) is 5.11 Å². The number of rotatable bonds is 5. The van der Waals surface area contributed by atoms with Crippen LogP contribution in [-0.4, -0.2) is 18.2 Å².